The Labute approximate surface area is 106 Å². The molecule has 0 saturated heterocycles. The largest absolute Gasteiger partial charge is 0.379 e. The van der Waals surface area contributed by atoms with Crippen molar-refractivity contribution in [3.8, 4) is 0 Å². The first kappa shape index (κ1) is 13.2. The van der Waals surface area contributed by atoms with E-state index in [2.05, 4.69) is 46.9 Å². The van der Waals surface area contributed by atoms with E-state index in [4.69, 9.17) is 11.1 Å². The third kappa shape index (κ3) is 5.53. The van der Waals surface area contributed by atoms with Crippen molar-refractivity contribution >= 4 is 56.5 Å². The molecule has 0 aliphatic heterocycles. The second-order valence-electron chi connectivity index (χ2n) is 2.28. The first-order valence-electron chi connectivity index (χ1n) is 3.40. The third-order valence-electron chi connectivity index (χ3n) is 1.31. The number of thioether (sulfide) groups is 1. The average molecular weight is 373 g/mol. The lowest BCUT2D eigenvalue weighted by Crippen LogP contribution is -2.03. The van der Waals surface area contributed by atoms with Crippen LogP contribution in [0.2, 0.25) is 0 Å². The van der Waals surface area contributed by atoms with E-state index in [9.17, 15) is 0 Å². The fourth-order valence-corrected chi connectivity index (χ4v) is 1.62. The quantitative estimate of drug-likeness (QED) is 0.476. The molecule has 5 heteroatoms. The van der Waals surface area contributed by atoms with Crippen molar-refractivity contribution in [1.82, 2.24) is 0 Å². The Morgan fingerprint density at radius 1 is 1.38 bits per heavy atom. The first-order chi connectivity index (χ1) is 5.68. The van der Waals surface area contributed by atoms with Gasteiger partial charge in [0.2, 0.25) is 0 Å². The number of nitrogens with one attached hydrogen (secondary N) is 1. The second kappa shape index (κ2) is 6.67. The molecule has 0 aliphatic rings. The predicted octanol–water partition coefficient (Wildman–Crippen LogP) is 3.00. The minimum absolute atomic E-state index is 0. The van der Waals surface area contributed by atoms with Gasteiger partial charge < -0.3 is 5.73 Å². The van der Waals surface area contributed by atoms with Gasteiger partial charge in [-0.05, 0) is 40.3 Å². The van der Waals surface area contributed by atoms with Crippen molar-refractivity contribution < 1.29 is 0 Å². The highest BCUT2D eigenvalue weighted by atomic mass is 127. The zero-order valence-electron chi connectivity index (χ0n) is 6.79. The Hall–Kier alpha value is 0.250. The average Bonchev–Trinajstić information content (AvgIpc) is 2.03. The minimum atomic E-state index is 0. The van der Waals surface area contributed by atoms with E-state index in [1.807, 2.05) is 0 Å². The van der Waals surface area contributed by atoms with Gasteiger partial charge >= 0.3 is 0 Å². The highest BCUT2D eigenvalue weighted by Gasteiger charge is 1.94. The number of benzene rings is 1. The number of hydrogen-bond acceptors (Lipinski definition) is 2. The molecule has 0 saturated carbocycles. The molecule has 3 N–H and O–H groups in total. The second-order valence-corrected chi connectivity index (χ2v) is 4.54. The molecule has 0 aliphatic carbocycles. The maximum atomic E-state index is 7.03. The van der Waals surface area contributed by atoms with Gasteiger partial charge in [-0.1, -0.05) is 23.9 Å². The topological polar surface area (TPSA) is 49.9 Å². The first-order valence-corrected chi connectivity index (χ1v) is 5.46. The van der Waals surface area contributed by atoms with Gasteiger partial charge in [0.15, 0.2) is 5.17 Å². The van der Waals surface area contributed by atoms with Crippen LogP contribution in [-0.2, 0) is 5.75 Å². The van der Waals surface area contributed by atoms with Crippen LogP contribution in [0.1, 0.15) is 5.56 Å². The van der Waals surface area contributed by atoms with Gasteiger partial charge in [-0.3, -0.25) is 5.41 Å². The molecule has 0 amide bonds. The molecule has 1 aromatic carbocycles. The number of halogens is 2. The summed E-state index contributed by atoms with van der Waals surface area (Å²) >= 11 is 3.61. The maximum Gasteiger partial charge on any atom is 0.151 e. The molecule has 0 fully saturated rings. The highest BCUT2D eigenvalue weighted by molar-refractivity contribution is 14.1. The number of hydrogen-bond donors (Lipinski definition) is 2. The van der Waals surface area contributed by atoms with Crippen LogP contribution in [0.25, 0.3) is 0 Å². The zero-order valence-corrected chi connectivity index (χ0v) is 11.5. The summed E-state index contributed by atoms with van der Waals surface area (Å²) in [6.45, 7) is 0. The van der Waals surface area contributed by atoms with Crippen LogP contribution in [0.5, 0.6) is 0 Å². The summed E-state index contributed by atoms with van der Waals surface area (Å²) in [5.41, 5.74) is 6.42. The van der Waals surface area contributed by atoms with Gasteiger partial charge in [0.25, 0.3) is 0 Å². The van der Waals surface area contributed by atoms with E-state index < -0.39 is 0 Å². The Kier molecular flexibility index (Phi) is 6.79. The van der Waals surface area contributed by atoms with Crippen molar-refractivity contribution in [2.75, 3.05) is 0 Å². The Morgan fingerprint density at radius 3 is 2.38 bits per heavy atom. The van der Waals surface area contributed by atoms with E-state index in [0.717, 1.165) is 5.75 Å². The van der Waals surface area contributed by atoms with Crippen LogP contribution >= 0.6 is 51.3 Å². The van der Waals surface area contributed by atoms with Crippen LogP contribution in [0.4, 0.5) is 0 Å². The molecule has 0 bridgehead atoms. The van der Waals surface area contributed by atoms with E-state index in [1.165, 1.54) is 20.9 Å². The summed E-state index contributed by atoms with van der Waals surface area (Å²) in [6, 6.07) is 8.21. The lowest BCUT2D eigenvalue weighted by molar-refractivity contribution is 1.40. The fourth-order valence-electron chi connectivity index (χ4n) is 0.742. The molecule has 72 valence electrons. The third-order valence-corrected chi connectivity index (χ3v) is 2.82. The van der Waals surface area contributed by atoms with E-state index in [-0.39, 0.29) is 22.1 Å². The molecule has 0 radical (unpaired) electrons. The van der Waals surface area contributed by atoms with E-state index in [1.54, 1.807) is 0 Å². The summed E-state index contributed by atoms with van der Waals surface area (Å²) in [5, 5.41) is 7.20. The Balaban J connectivity index is 0.00000144. The van der Waals surface area contributed by atoms with Crippen molar-refractivity contribution in [2.45, 2.75) is 5.75 Å². The number of nitrogens with two attached hydrogens (primary N) is 1. The van der Waals surface area contributed by atoms with Gasteiger partial charge in [-0.15, -0.1) is 17.0 Å². The predicted molar refractivity (Wildman–Crippen MR) is 72.7 cm³/mol. The molecule has 1 aromatic rings. The van der Waals surface area contributed by atoms with Gasteiger partial charge in [0, 0.05) is 9.32 Å². The fraction of sp³-hybridized carbons (Fsp3) is 0.125. The smallest absolute Gasteiger partial charge is 0.151 e. The van der Waals surface area contributed by atoms with Gasteiger partial charge in [-0.2, -0.15) is 0 Å². The molecule has 0 aromatic heterocycles. The van der Waals surface area contributed by atoms with Crippen LogP contribution in [0.15, 0.2) is 24.3 Å². The van der Waals surface area contributed by atoms with Gasteiger partial charge in [0.05, 0.1) is 0 Å². The standard InChI is InChI=1S/C8H9IN2S.BrH/c9-7-3-1-6(2-4-7)5-12-8(10)11;/h1-4H,5H2,(H3,10,11);1H. The molecule has 2 nitrogen and oxygen atoms in total. The zero-order chi connectivity index (χ0) is 8.97. The monoisotopic (exact) mass is 372 g/mol. The van der Waals surface area contributed by atoms with Crippen LogP contribution in [0, 0.1) is 8.98 Å². The SMILES string of the molecule is Br.N=C(N)SCc1ccc(I)cc1. The molecule has 0 atom stereocenters. The summed E-state index contributed by atoms with van der Waals surface area (Å²) < 4.78 is 1.23. The summed E-state index contributed by atoms with van der Waals surface area (Å²) in [5.74, 6) is 0.784. The Morgan fingerprint density at radius 2 is 1.92 bits per heavy atom. The van der Waals surface area contributed by atoms with Crippen LogP contribution < -0.4 is 5.73 Å². The summed E-state index contributed by atoms with van der Waals surface area (Å²) in [7, 11) is 0. The molecule has 1 rings (SSSR count). The van der Waals surface area contributed by atoms with Crippen molar-refractivity contribution in [3.63, 3.8) is 0 Å². The number of amidine groups is 1. The molecule has 0 spiro atoms. The molecular weight excluding hydrogens is 363 g/mol. The van der Waals surface area contributed by atoms with Crippen molar-refractivity contribution in [2.24, 2.45) is 5.73 Å². The van der Waals surface area contributed by atoms with Gasteiger partial charge in [0.1, 0.15) is 0 Å². The highest BCUT2D eigenvalue weighted by Crippen LogP contribution is 2.13. The van der Waals surface area contributed by atoms with Crippen LogP contribution in [-0.4, -0.2) is 5.17 Å². The molecular formula is C8H10BrIN2S. The summed E-state index contributed by atoms with van der Waals surface area (Å²) in [4.78, 5) is 0. The number of rotatable bonds is 2. The van der Waals surface area contributed by atoms with E-state index >= 15 is 0 Å². The minimum Gasteiger partial charge on any atom is -0.379 e. The summed E-state index contributed by atoms with van der Waals surface area (Å²) in [6.07, 6.45) is 0. The lowest BCUT2D eigenvalue weighted by Gasteiger charge is -1.99. The Bertz CT molecular complexity index is 276. The van der Waals surface area contributed by atoms with E-state index in [0.29, 0.717) is 0 Å². The van der Waals surface area contributed by atoms with Crippen LogP contribution in [0.3, 0.4) is 0 Å². The molecule has 13 heavy (non-hydrogen) atoms. The molecule has 0 heterocycles. The van der Waals surface area contributed by atoms with Gasteiger partial charge in [-0.25, -0.2) is 0 Å². The van der Waals surface area contributed by atoms with Crippen molar-refractivity contribution in [3.05, 3.63) is 33.4 Å². The van der Waals surface area contributed by atoms with Crippen molar-refractivity contribution in [1.29, 1.82) is 5.41 Å². The normalized spacial score (nSPS) is 9.00. The maximum absolute atomic E-state index is 7.03. The molecule has 0 unspecified atom stereocenters. The lowest BCUT2D eigenvalue weighted by atomic mass is 10.2.